The third-order valence-corrected chi connectivity index (χ3v) is 18.4. The maximum atomic E-state index is 12.7. The largest absolute Gasteiger partial charge is 0.494 e. The van der Waals surface area contributed by atoms with Gasteiger partial charge >= 0.3 is 0 Å². The van der Waals surface area contributed by atoms with Crippen LogP contribution in [0.2, 0.25) is 0 Å². The lowest BCUT2D eigenvalue weighted by molar-refractivity contribution is -0.118. The van der Waals surface area contributed by atoms with E-state index in [1.165, 1.54) is 80.7 Å². The molecule has 640 valence electrons. The van der Waals surface area contributed by atoms with Crippen LogP contribution in [0.3, 0.4) is 0 Å². The van der Waals surface area contributed by atoms with Crippen LogP contribution in [0.5, 0.6) is 23.0 Å². The molecule has 12 aromatic rings. The van der Waals surface area contributed by atoms with Crippen LogP contribution < -0.4 is 82.7 Å². The van der Waals surface area contributed by atoms with Crippen LogP contribution in [-0.4, -0.2) is 203 Å². The van der Waals surface area contributed by atoms with E-state index in [0.717, 1.165) is 73.4 Å². The number of rotatable bonds is 28. The molecular formula is C80H88N32O12. The Balaban J connectivity index is 0.000000159. The van der Waals surface area contributed by atoms with E-state index in [2.05, 4.69) is 134 Å². The Morgan fingerprint density at radius 2 is 0.589 bits per heavy atom. The third kappa shape index (κ3) is 20.9. The maximum absolute atomic E-state index is 12.7. The number of amides is 8. The van der Waals surface area contributed by atoms with Crippen molar-refractivity contribution in [2.45, 2.75) is 51.4 Å². The smallest absolute Gasteiger partial charge is 0.273 e. The fourth-order valence-corrected chi connectivity index (χ4v) is 11.7. The Bertz CT molecular complexity index is 6730. The van der Waals surface area contributed by atoms with Gasteiger partial charge in [0.05, 0.1) is 104 Å². The van der Waals surface area contributed by atoms with Crippen LogP contribution in [0.4, 0.5) is 68.8 Å². The van der Waals surface area contributed by atoms with Crippen LogP contribution in [0, 0.1) is 23.7 Å². The summed E-state index contributed by atoms with van der Waals surface area (Å²) in [4.78, 5) is 115. The lowest BCUT2D eigenvalue weighted by atomic mass is 10.1. The fourth-order valence-electron chi connectivity index (χ4n) is 11.7. The van der Waals surface area contributed by atoms with E-state index in [4.69, 9.17) is 43.6 Å². The zero-order valence-corrected chi connectivity index (χ0v) is 66.4. The van der Waals surface area contributed by atoms with Gasteiger partial charge in [0.15, 0.2) is 92.3 Å². The first-order valence-electron chi connectivity index (χ1n) is 46.5. The Labute approximate surface area is 732 Å². The lowest BCUT2D eigenvalue weighted by Gasteiger charge is -2.16. The van der Waals surface area contributed by atoms with Crippen LogP contribution in [0.1, 0.15) is 118 Å². The van der Waals surface area contributed by atoms with E-state index in [1.807, 2.05) is 10.6 Å². The van der Waals surface area contributed by atoms with Gasteiger partial charge in [0.2, 0.25) is 23.6 Å². The summed E-state index contributed by atoms with van der Waals surface area (Å²) in [6.07, 6.45) is 11.4. The molecule has 0 aliphatic heterocycles. The SMILES string of the molecule is [2H]C([2H])([2H])NC(=O)c1nnc(NC(=O)C2CC2)cc1Nc1cccc(-c2ncn(C([2H])([2H])[2H])n2)c1OC.[2H]C([2H])([2H])NC(=O)c1nnc(NC(=O)C2CC2)cc1Nc1cccc(-c2ncn(C)n2)c1OC([2H])([2H])[2H].[2H]C([2H])([2H])Oc1c(Nc2cc(NC(=O)C3CC3)nnc2C(=O)NC)cccc1-c1ncn(C)n1.[2H]C([2H])([2H])n1cnc(-c2cccc(Nc3cc(NC(=O)C4CC4)nnc3C(=O)NC)c2OC)n1. The molecule has 0 atom stereocenters. The van der Waals surface area contributed by atoms with Gasteiger partial charge in [-0.1, -0.05) is 24.3 Å². The first-order valence-corrected chi connectivity index (χ1v) is 37.5. The molecule has 0 unspecified atom stereocenters. The molecule has 44 heteroatoms. The minimum atomic E-state index is -2.86. The minimum Gasteiger partial charge on any atom is -0.494 e. The summed E-state index contributed by atoms with van der Waals surface area (Å²) >= 11 is 0. The van der Waals surface area contributed by atoms with E-state index in [9.17, 15) is 38.4 Å². The number of aromatic nitrogens is 20. The van der Waals surface area contributed by atoms with E-state index >= 15 is 0 Å². The Morgan fingerprint density at radius 1 is 0.339 bits per heavy atom. The highest BCUT2D eigenvalue weighted by atomic mass is 16.5. The Hall–Kier alpha value is -16.1. The average Bonchev–Trinajstić information content (AvgIpc) is 1.53. The van der Waals surface area contributed by atoms with Gasteiger partial charge in [-0.15, -0.1) is 40.8 Å². The van der Waals surface area contributed by atoms with Gasteiger partial charge in [0.1, 0.15) is 25.3 Å². The molecule has 0 spiro atoms. The number of hydrogen-bond donors (Lipinski definition) is 12. The number of hydrogen-bond acceptors (Lipinski definition) is 32. The highest BCUT2D eigenvalue weighted by molar-refractivity contribution is 6.04. The number of nitrogens with zero attached hydrogens (tertiary/aromatic N) is 20. The number of carbonyl (C=O) groups is 8. The molecule has 44 nitrogen and oxygen atoms in total. The zero-order valence-electron chi connectivity index (χ0n) is 84.4. The molecule has 8 amide bonds. The number of aryl methyl sites for hydroxylation is 4. The lowest BCUT2D eigenvalue weighted by Crippen LogP contribution is -2.22. The summed E-state index contributed by atoms with van der Waals surface area (Å²) in [6, 6.07) is 24.9. The number of anilines is 12. The van der Waals surface area contributed by atoms with Crippen molar-refractivity contribution in [1.82, 2.24) is 121 Å². The number of methoxy groups -OCH3 is 4. The van der Waals surface area contributed by atoms with Gasteiger partial charge in [-0.2, -0.15) is 20.4 Å². The first-order chi connectivity index (χ1) is 67.0. The molecule has 8 aromatic heterocycles. The van der Waals surface area contributed by atoms with Gasteiger partial charge in [-0.25, -0.2) is 19.9 Å². The topological polar surface area (TPSA) is 544 Å². The van der Waals surface area contributed by atoms with Gasteiger partial charge in [0.25, 0.3) is 23.6 Å². The third-order valence-electron chi connectivity index (χ3n) is 18.4. The van der Waals surface area contributed by atoms with Crippen molar-refractivity contribution in [3.8, 4) is 68.5 Å². The molecule has 16 rings (SSSR count). The van der Waals surface area contributed by atoms with E-state index in [1.54, 1.807) is 80.8 Å². The van der Waals surface area contributed by atoms with E-state index in [0.29, 0.717) is 33.8 Å². The van der Waals surface area contributed by atoms with Crippen LogP contribution >= 0.6 is 0 Å². The number of nitrogens with one attached hydrogen (secondary N) is 12. The summed E-state index contributed by atoms with van der Waals surface area (Å²) in [5, 5.41) is 78.8. The van der Waals surface area contributed by atoms with Crippen molar-refractivity contribution in [3.05, 3.63) is 145 Å². The second kappa shape index (κ2) is 38.8. The predicted molar refractivity (Wildman–Crippen MR) is 452 cm³/mol. The second-order valence-electron chi connectivity index (χ2n) is 27.4. The number of para-hydroxylation sites is 4. The molecule has 0 saturated heterocycles. The van der Waals surface area contributed by atoms with Crippen LogP contribution in [-0.2, 0) is 47.2 Å². The van der Waals surface area contributed by atoms with E-state index < -0.39 is 71.3 Å². The standard InChI is InChI=1S/4C20H22N8O3/c4*1-21-20(30)16-14(9-15(25-26-16)24-19(29)11-7-8-11)23-13-6-4-5-12(17(13)31-3)18-22-10-28(2)27-18/h4*4-6,9-11H,7-8H2,1-3H3,(H,21,30)(H2,23,24,25,29)/i1D3,3D3;1D3,2D3;3D3;2D3. The molecule has 12 N–H and O–H groups in total. The summed E-state index contributed by atoms with van der Waals surface area (Å²) in [7, 11) is 3.40. The summed E-state index contributed by atoms with van der Waals surface area (Å²) in [5.74, 6) is -2.93. The van der Waals surface area contributed by atoms with Crippen molar-refractivity contribution in [1.29, 1.82) is 0 Å². The van der Waals surface area contributed by atoms with Gasteiger partial charge in [0, 0.05) is 120 Å². The number of ether oxygens (including phenoxy) is 4. The van der Waals surface area contributed by atoms with Gasteiger partial charge in [-0.3, -0.25) is 57.1 Å². The highest BCUT2D eigenvalue weighted by Crippen LogP contribution is 2.43. The highest BCUT2D eigenvalue weighted by Gasteiger charge is 2.35. The fraction of sp³-hybridized carbons (Fsp3) is 0.300. The molecule has 4 fully saturated rings. The normalized spacial score (nSPS) is 15.6. The number of benzene rings is 4. The van der Waals surface area contributed by atoms with E-state index in [-0.39, 0.29) is 168 Å². The van der Waals surface area contributed by atoms with Crippen molar-refractivity contribution < 1.29 is 82.0 Å². The minimum absolute atomic E-state index is 0.00387. The quantitative estimate of drug-likeness (QED) is 0.0236. The predicted octanol–water partition coefficient (Wildman–Crippen LogP) is 6.93. The van der Waals surface area contributed by atoms with Crippen LogP contribution in [0.15, 0.2) is 122 Å². The second-order valence-corrected chi connectivity index (χ2v) is 27.4. The van der Waals surface area contributed by atoms with Gasteiger partial charge < -0.3 is 82.7 Å². The molecule has 0 radical (unpaired) electrons. The molecule has 0 bridgehead atoms. The van der Waals surface area contributed by atoms with Crippen LogP contribution in [0.25, 0.3) is 45.6 Å². The molecule has 4 aromatic carbocycles. The zero-order chi connectivity index (χ0) is 103. The maximum Gasteiger partial charge on any atom is 0.273 e. The molecule has 4 saturated carbocycles. The van der Waals surface area contributed by atoms with Crippen molar-refractivity contribution in [3.63, 3.8) is 0 Å². The molecule has 8 heterocycles. The monoisotopic (exact) mass is 1710 g/mol. The summed E-state index contributed by atoms with van der Waals surface area (Å²) in [5.41, 5.74) is 1.96. The average molecular weight is 1710 g/mol. The Morgan fingerprint density at radius 3 is 0.806 bits per heavy atom. The molecule has 124 heavy (non-hydrogen) atoms. The number of carbonyl (C=O) groups excluding carboxylic acids is 8. The Kier molecular flexibility index (Phi) is 20.3. The van der Waals surface area contributed by atoms with Crippen molar-refractivity contribution >= 4 is 116 Å². The van der Waals surface area contributed by atoms with Crippen molar-refractivity contribution in [2.24, 2.45) is 51.7 Å². The molecule has 4 aliphatic rings. The molecule has 4 aliphatic carbocycles. The first kappa shape index (κ1) is 64.9. The van der Waals surface area contributed by atoms with Crippen molar-refractivity contribution in [2.75, 3.05) is 98.9 Å². The molecular weight excluding hydrogens is 1600 g/mol. The summed E-state index contributed by atoms with van der Waals surface area (Å²) < 4.78 is 161. The summed E-state index contributed by atoms with van der Waals surface area (Å²) in [6.45, 7) is -10.6. The van der Waals surface area contributed by atoms with Gasteiger partial charge in [-0.05, 0) is 99.9 Å².